The van der Waals surface area contributed by atoms with Crippen molar-refractivity contribution in [2.24, 2.45) is 0 Å². The van der Waals surface area contributed by atoms with Crippen molar-refractivity contribution in [3.8, 4) is 0 Å². The standard InChI is InChI=1S/C49H89NO9/c1-3-5-7-9-11-13-15-17-18-19-20-21-22-23-24-26-28-30-32-34-36-38-43(53)48(57)50-41(40-58-49-47(56)46(55)45(54)44(39-51)59-49)42(52)37-35-33-31-29-27-25-16-14-12-10-8-6-4-2/h16-18,25,27,29,35,37,41-47,49,51-56H,3-15,19-24,26,28,30-34,36,38-40H2,1-2H3,(H,50,57)/b18-17-,25-16+,29-27+,37-35+/t41-,42+,43+,44+,45+,46-,47+,49+/m0/s1. The number of aliphatic hydroxyl groups is 6. The summed E-state index contributed by atoms with van der Waals surface area (Å²) in [6, 6.07) is -1.01. The monoisotopic (exact) mass is 836 g/mol. The lowest BCUT2D eigenvalue weighted by Gasteiger charge is -2.40. The zero-order chi connectivity index (χ0) is 43.2. The van der Waals surface area contributed by atoms with E-state index in [2.05, 4.69) is 49.5 Å². The molecule has 1 rings (SSSR count). The van der Waals surface area contributed by atoms with Crippen LogP contribution >= 0.6 is 0 Å². The Balaban J connectivity index is 2.38. The van der Waals surface area contributed by atoms with E-state index in [1.807, 2.05) is 12.2 Å². The van der Waals surface area contributed by atoms with Crippen molar-refractivity contribution >= 4 is 5.91 Å². The van der Waals surface area contributed by atoms with Crippen LogP contribution in [0.2, 0.25) is 0 Å². The molecule has 0 aromatic heterocycles. The first kappa shape index (κ1) is 55.1. The van der Waals surface area contributed by atoms with Gasteiger partial charge in [-0.25, -0.2) is 0 Å². The fraction of sp³-hybridized carbons (Fsp3) is 0.816. The first-order chi connectivity index (χ1) is 28.8. The van der Waals surface area contributed by atoms with E-state index in [1.54, 1.807) is 6.08 Å². The number of unbranched alkanes of at least 4 members (excludes halogenated alkanes) is 23. The van der Waals surface area contributed by atoms with E-state index in [4.69, 9.17) is 9.47 Å². The van der Waals surface area contributed by atoms with Crippen molar-refractivity contribution < 1.29 is 44.9 Å². The molecular weight excluding hydrogens is 747 g/mol. The number of nitrogens with one attached hydrogen (secondary N) is 1. The number of hydrogen-bond acceptors (Lipinski definition) is 9. The maximum absolute atomic E-state index is 13.0. The Morgan fingerprint density at radius 1 is 0.593 bits per heavy atom. The van der Waals surface area contributed by atoms with Crippen LogP contribution in [0.4, 0.5) is 0 Å². The second-order valence-corrected chi connectivity index (χ2v) is 16.7. The second-order valence-electron chi connectivity index (χ2n) is 16.7. The molecule has 7 N–H and O–H groups in total. The van der Waals surface area contributed by atoms with Crippen LogP contribution in [0.1, 0.15) is 194 Å². The van der Waals surface area contributed by atoms with Gasteiger partial charge in [0.2, 0.25) is 5.91 Å². The minimum Gasteiger partial charge on any atom is -0.394 e. The largest absolute Gasteiger partial charge is 0.394 e. The maximum Gasteiger partial charge on any atom is 0.249 e. The SMILES string of the molecule is CCCCCCC/C=C/C=C/CC/C=C/[C@@H](O)[C@H](CO[C@@H]1O[C@H](CO)[C@@H](O)[C@H](O)[C@H]1O)NC(=O)[C@H](O)CCCCCCCCCCCCC/C=C\CCCCCCCC. The highest BCUT2D eigenvalue weighted by molar-refractivity contribution is 5.80. The van der Waals surface area contributed by atoms with E-state index in [1.165, 1.54) is 128 Å². The molecular formula is C49H89NO9. The summed E-state index contributed by atoms with van der Waals surface area (Å²) in [6.45, 7) is 3.55. The Morgan fingerprint density at radius 3 is 1.58 bits per heavy atom. The first-order valence-corrected chi connectivity index (χ1v) is 24.0. The molecule has 1 fully saturated rings. The molecule has 1 amide bonds. The summed E-state index contributed by atoms with van der Waals surface area (Å²) >= 11 is 0. The van der Waals surface area contributed by atoms with Gasteiger partial charge in [-0.2, -0.15) is 0 Å². The molecule has 0 spiro atoms. The van der Waals surface area contributed by atoms with Gasteiger partial charge in [-0.15, -0.1) is 0 Å². The zero-order valence-corrected chi connectivity index (χ0v) is 37.4. The van der Waals surface area contributed by atoms with E-state index in [9.17, 15) is 35.4 Å². The summed E-state index contributed by atoms with van der Waals surface area (Å²) in [6.07, 6.45) is 39.2. The van der Waals surface area contributed by atoms with Crippen LogP contribution in [-0.4, -0.2) is 98.7 Å². The van der Waals surface area contributed by atoms with Gasteiger partial charge in [-0.05, 0) is 57.8 Å². The van der Waals surface area contributed by atoms with Crippen LogP contribution in [0.15, 0.2) is 48.6 Å². The van der Waals surface area contributed by atoms with Crippen molar-refractivity contribution in [3.05, 3.63) is 48.6 Å². The average Bonchev–Trinajstić information content (AvgIpc) is 3.23. The quantitative estimate of drug-likeness (QED) is 0.0181. The van der Waals surface area contributed by atoms with Crippen LogP contribution in [0, 0.1) is 0 Å². The highest BCUT2D eigenvalue weighted by Gasteiger charge is 2.44. The smallest absolute Gasteiger partial charge is 0.249 e. The molecule has 59 heavy (non-hydrogen) atoms. The van der Waals surface area contributed by atoms with Gasteiger partial charge in [0.25, 0.3) is 0 Å². The molecule has 1 aliphatic rings. The van der Waals surface area contributed by atoms with Crippen molar-refractivity contribution in [2.45, 2.75) is 243 Å². The van der Waals surface area contributed by atoms with Gasteiger partial charge in [0.1, 0.15) is 30.5 Å². The number of ether oxygens (including phenoxy) is 2. The van der Waals surface area contributed by atoms with Gasteiger partial charge in [0.05, 0.1) is 25.4 Å². The van der Waals surface area contributed by atoms with Gasteiger partial charge in [0, 0.05) is 0 Å². The Kier molecular flexibility index (Phi) is 36.4. The molecule has 0 aliphatic carbocycles. The van der Waals surface area contributed by atoms with Crippen molar-refractivity contribution in [1.29, 1.82) is 0 Å². The molecule has 0 unspecified atom stereocenters. The summed E-state index contributed by atoms with van der Waals surface area (Å²) in [5, 5.41) is 64.6. The Labute approximate surface area is 359 Å². The summed E-state index contributed by atoms with van der Waals surface area (Å²) < 4.78 is 11.1. The number of carbonyl (C=O) groups is 1. The Morgan fingerprint density at radius 2 is 1.05 bits per heavy atom. The van der Waals surface area contributed by atoms with Gasteiger partial charge in [0.15, 0.2) is 6.29 Å². The van der Waals surface area contributed by atoms with Crippen molar-refractivity contribution in [1.82, 2.24) is 5.32 Å². The van der Waals surface area contributed by atoms with Crippen LogP contribution in [0.25, 0.3) is 0 Å². The lowest BCUT2D eigenvalue weighted by molar-refractivity contribution is -0.302. The van der Waals surface area contributed by atoms with E-state index in [0.717, 1.165) is 32.1 Å². The molecule has 0 aromatic rings. The predicted octanol–water partition coefficient (Wildman–Crippen LogP) is 9.20. The molecule has 1 saturated heterocycles. The fourth-order valence-corrected chi connectivity index (χ4v) is 7.29. The summed E-state index contributed by atoms with van der Waals surface area (Å²) in [5.74, 6) is -0.635. The Bertz CT molecular complexity index is 1080. The predicted molar refractivity (Wildman–Crippen MR) is 241 cm³/mol. The van der Waals surface area contributed by atoms with Gasteiger partial charge >= 0.3 is 0 Å². The van der Waals surface area contributed by atoms with Gasteiger partial charge < -0.3 is 45.4 Å². The lowest BCUT2D eigenvalue weighted by Crippen LogP contribution is -2.60. The highest BCUT2D eigenvalue weighted by atomic mass is 16.7. The van der Waals surface area contributed by atoms with E-state index < -0.39 is 61.5 Å². The van der Waals surface area contributed by atoms with Gasteiger partial charge in [-0.1, -0.05) is 184 Å². The highest BCUT2D eigenvalue weighted by Crippen LogP contribution is 2.22. The molecule has 1 heterocycles. The third-order valence-electron chi connectivity index (χ3n) is 11.3. The molecule has 0 saturated carbocycles. The topological polar surface area (TPSA) is 169 Å². The molecule has 10 nitrogen and oxygen atoms in total. The number of rotatable bonds is 39. The number of carbonyl (C=O) groups excluding carboxylic acids is 1. The molecule has 1 aliphatic heterocycles. The van der Waals surface area contributed by atoms with Crippen LogP contribution < -0.4 is 5.32 Å². The molecule has 10 heteroatoms. The van der Waals surface area contributed by atoms with Crippen LogP contribution in [0.5, 0.6) is 0 Å². The summed E-state index contributed by atoms with van der Waals surface area (Å²) in [5.41, 5.74) is 0. The molecule has 344 valence electrons. The Hall–Kier alpha value is -1.89. The number of amides is 1. The van der Waals surface area contributed by atoms with E-state index in [-0.39, 0.29) is 6.61 Å². The molecule has 0 aromatic carbocycles. The van der Waals surface area contributed by atoms with E-state index >= 15 is 0 Å². The summed E-state index contributed by atoms with van der Waals surface area (Å²) in [4.78, 5) is 13.0. The average molecular weight is 836 g/mol. The van der Waals surface area contributed by atoms with Crippen LogP contribution in [-0.2, 0) is 14.3 Å². The minimum atomic E-state index is -1.62. The number of aliphatic hydroxyl groups excluding tert-OH is 6. The van der Waals surface area contributed by atoms with Crippen LogP contribution in [0.3, 0.4) is 0 Å². The van der Waals surface area contributed by atoms with Gasteiger partial charge in [-0.3, -0.25) is 4.79 Å². The third-order valence-corrected chi connectivity index (χ3v) is 11.3. The molecule has 0 bridgehead atoms. The number of allylic oxidation sites excluding steroid dienone is 7. The zero-order valence-electron chi connectivity index (χ0n) is 37.4. The molecule has 8 atom stereocenters. The lowest BCUT2D eigenvalue weighted by atomic mass is 9.99. The van der Waals surface area contributed by atoms with Crippen molar-refractivity contribution in [3.63, 3.8) is 0 Å². The third kappa shape index (κ3) is 29.1. The minimum absolute atomic E-state index is 0.298. The first-order valence-electron chi connectivity index (χ1n) is 24.0. The second kappa shape index (κ2) is 39.0. The van der Waals surface area contributed by atoms with E-state index in [0.29, 0.717) is 19.3 Å². The fourth-order valence-electron chi connectivity index (χ4n) is 7.29. The summed E-state index contributed by atoms with van der Waals surface area (Å²) in [7, 11) is 0. The normalized spacial score (nSPS) is 21.7. The number of hydrogen-bond donors (Lipinski definition) is 7. The van der Waals surface area contributed by atoms with Crippen molar-refractivity contribution in [2.75, 3.05) is 13.2 Å². The maximum atomic E-state index is 13.0. The molecule has 0 radical (unpaired) electrons.